The lowest BCUT2D eigenvalue weighted by Crippen LogP contribution is -2.09. The molecule has 0 aliphatic heterocycles. The van der Waals surface area contributed by atoms with Crippen LogP contribution in [0.1, 0.15) is 22.3 Å². The summed E-state index contributed by atoms with van der Waals surface area (Å²) in [6.07, 6.45) is 5.91. The Kier molecular flexibility index (Phi) is 5.20. The van der Waals surface area contributed by atoms with Gasteiger partial charge in [-0.05, 0) is 36.6 Å². The molecule has 0 fully saturated rings. The Hall–Kier alpha value is -1.86. The van der Waals surface area contributed by atoms with Crippen molar-refractivity contribution in [3.05, 3.63) is 46.7 Å². The van der Waals surface area contributed by atoms with Crippen LogP contribution in [0.5, 0.6) is 0 Å². The molecule has 0 aliphatic carbocycles. The lowest BCUT2D eigenvalue weighted by molar-refractivity contribution is 0.0500. The van der Waals surface area contributed by atoms with Crippen molar-refractivity contribution in [2.45, 2.75) is 17.7 Å². The molecule has 0 spiro atoms. The lowest BCUT2D eigenvalue weighted by atomic mass is 10.2. The third-order valence-corrected chi connectivity index (χ3v) is 4.54. The van der Waals surface area contributed by atoms with Crippen LogP contribution in [-0.4, -0.2) is 37.4 Å². The highest BCUT2D eigenvalue weighted by Crippen LogP contribution is 2.23. The van der Waals surface area contributed by atoms with Crippen molar-refractivity contribution >= 4 is 27.4 Å². The Morgan fingerprint density at radius 2 is 2.18 bits per heavy atom. The van der Waals surface area contributed by atoms with Crippen LogP contribution in [0.15, 0.2) is 35.5 Å². The molecule has 1 aromatic carbocycles. The number of hydrogen-bond acceptors (Lipinski definition) is 5. The summed E-state index contributed by atoms with van der Waals surface area (Å²) in [5, 5.41) is 6.61. The number of carbonyl (C=O) groups is 1. The van der Waals surface area contributed by atoms with E-state index in [1.165, 1.54) is 18.2 Å². The molecule has 8 heteroatoms. The zero-order chi connectivity index (χ0) is 16.2. The lowest BCUT2D eigenvalue weighted by Gasteiger charge is -2.07. The van der Waals surface area contributed by atoms with Gasteiger partial charge in [0.2, 0.25) is 0 Å². The highest BCUT2D eigenvalue weighted by atomic mass is 35.5. The molecule has 0 unspecified atom stereocenters. The maximum absolute atomic E-state index is 11.9. The summed E-state index contributed by atoms with van der Waals surface area (Å²) in [5.74, 6) is -0.575. The molecule has 0 radical (unpaired) electrons. The number of aromatic nitrogens is 2. The number of carbonyl (C=O) groups excluding carboxylic acids is 1. The van der Waals surface area contributed by atoms with E-state index >= 15 is 0 Å². The molecule has 2 rings (SSSR count). The monoisotopic (exact) mass is 342 g/mol. The van der Waals surface area contributed by atoms with Crippen molar-refractivity contribution in [2.75, 3.05) is 12.9 Å². The summed E-state index contributed by atoms with van der Waals surface area (Å²) in [6.45, 7) is 0.237. The number of hydrogen-bond donors (Lipinski definition) is 1. The van der Waals surface area contributed by atoms with Crippen LogP contribution in [0, 0.1) is 0 Å². The second-order valence-electron chi connectivity index (χ2n) is 4.76. The van der Waals surface area contributed by atoms with Crippen LogP contribution in [0.2, 0.25) is 5.02 Å². The summed E-state index contributed by atoms with van der Waals surface area (Å²) in [5.41, 5.74) is 1.19. The van der Waals surface area contributed by atoms with Crippen LogP contribution in [0.3, 0.4) is 0 Å². The van der Waals surface area contributed by atoms with Crippen LogP contribution >= 0.6 is 11.6 Å². The normalized spacial score (nSPS) is 11.4. The Balaban J connectivity index is 1.95. The molecule has 0 amide bonds. The Morgan fingerprint density at radius 3 is 2.82 bits per heavy atom. The van der Waals surface area contributed by atoms with Gasteiger partial charge in [0.05, 0.1) is 28.3 Å². The van der Waals surface area contributed by atoms with E-state index in [-0.39, 0.29) is 22.1 Å². The first-order valence-electron chi connectivity index (χ1n) is 6.52. The number of esters is 1. The van der Waals surface area contributed by atoms with Gasteiger partial charge in [-0.1, -0.05) is 11.6 Å². The van der Waals surface area contributed by atoms with Crippen LogP contribution < -0.4 is 0 Å². The SMILES string of the molecule is CS(=O)(=O)c1cc(C(=O)OCCCc2cn[nH]c2)ccc1Cl. The number of rotatable bonds is 6. The van der Waals surface area contributed by atoms with Crippen molar-refractivity contribution in [1.29, 1.82) is 0 Å². The molecule has 0 saturated carbocycles. The fourth-order valence-electron chi connectivity index (χ4n) is 1.85. The minimum absolute atomic E-state index is 0.0815. The van der Waals surface area contributed by atoms with Gasteiger partial charge in [0.1, 0.15) is 0 Å². The predicted octanol–water partition coefficient (Wildman–Crippen LogP) is 2.26. The first-order chi connectivity index (χ1) is 10.4. The van der Waals surface area contributed by atoms with Crippen LogP contribution in [0.25, 0.3) is 0 Å². The molecule has 1 N–H and O–H groups in total. The minimum atomic E-state index is -3.49. The van der Waals surface area contributed by atoms with Crippen molar-refractivity contribution in [3.8, 4) is 0 Å². The molecule has 0 saturated heterocycles. The number of benzene rings is 1. The summed E-state index contributed by atoms with van der Waals surface area (Å²) in [4.78, 5) is 11.8. The molecule has 118 valence electrons. The van der Waals surface area contributed by atoms with Crippen molar-refractivity contribution in [3.63, 3.8) is 0 Å². The molecular formula is C14H15ClN2O4S. The average molecular weight is 343 g/mol. The van der Waals surface area contributed by atoms with Gasteiger partial charge in [0, 0.05) is 12.5 Å². The number of halogens is 1. The highest BCUT2D eigenvalue weighted by molar-refractivity contribution is 7.90. The molecule has 2 aromatic rings. The standard InChI is InChI=1S/C14H15ClN2O4S/c1-22(19,20)13-7-11(4-5-12(13)15)14(18)21-6-2-3-10-8-16-17-9-10/h4-5,7-9H,2-3,6H2,1H3,(H,16,17). The first kappa shape index (κ1) is 16.5. The summed E-state index contributed by atoms with van der Waals surface area (Å²) in [7, 11) is -3.49. The number of aryl methyl sites for hydroxylation is 1. The van der Waals surface area contributed by atoms with E-state index in [2.05, 4.69) is 10.2 Å². The topological polar surface area (TPSA) is 89.1 Å². The number of H-pyrrole nitrogens is 1. The van der Waals surface area contributed by atoms with E-state index in [4.69, 9.17) is 16.3 Å². The number of aromatic amines is 1. The third kappa shape index (κ3) is 4.32. The molecule has 6 nitrogen and oxygen atoms in total. The second-order valence-corrected chi connectivity index (χ2v) is 7.15. The second kappa shape index (κ2) is 6.93. The quantitative estimate of drug-likeness (QED) is 0.642. The third-order valence-electron chi connectivity index (χ3n) is 2.96. The maximum Gasteiger partial charge on any atom is 0.338 e. The van der Waals surface area contributed by atoms with Gasteiger partial charge >= 0.3 is 5.97 Å². The smallest absolute Gasteiger partial charge is 0.338 e. The van der Waals surface area contributed by atoms with E-state index in [0.29, 0.717) is 6.42 Å². The molecule has 22 heavy (non-hydrogen) atoms. The van der Waals surface area contributed by atoms with Crippen LogP contribution in [0.4, 0.5) is 0 Å². The summed E-state index contributed by atoms with van der Waals surface area (Å²) >= 11 is 5.83. The van der Waals surface area contributed by atoms with Gasteiger partial charge < -0.3 is 4.74 Å². The number of nitrogens with one attached hydrogen (secondary N) is 1. The Morgan fingerprint density at radius 1 is 1.41 bits per heavy atom. The van der Waals surface area contributed by atoms with Gasteiger partial charge in [0.15, 0.2) is 9.84 Å². The number of sulfone groups is 1. The van der Waals surface area contributed by atoms with Crippen molar-refractivity contribution in [2.24, 2.45) is 0 Å². The molecule has 0 bridgehead atoms. The van der Waals surface area contributed by atoms with Crippen LogP contribution in [-0.2, 0) is 21.0 Å². The molecule has 1 aromatic heterocycles. The fraction of sp³-hybridized carbons (Fsp3) is 0.286. The minimum Gasteiger partial charge on any atom is -0.462 e. The van der Waals surface area contributed by atoms with Gasteiger partial charge in [-0.15, -0.1) is 0 Å². The fourth-order valence-corrected chi connectivity index (χ4v) is 3.15. The van der Waals surface area contributed by atoms with Gasteiger partial charge in [0.25, 0.3) is 0 Å². The van der Waals surface area contributed by atoms with Gasteiger partial charge in [-0.2, -0.15) is 5.10 Å². The van der Waals surface area contributed by atoms with Crippen molar-refractivity contribution < 1.29 is 17.9 Å². The Labute approximate surface area is 133 Å². The first-order valence-corrected chi connectivity index (χ1v) is 8.79. The maximum atomic E-state index is 11.9. The zero-order valence-corrected chi connectivity index (χ0v) is 13.4. The highest BCUT2D eigenvalue weighted by Gasteiger charge is 2.16. The number of nitrogens with zero attached hydrogens (tertiary/aromatic N) is 1. The molecule has 1 heterocycles. The van der Waals surface area contributed by atoms with Gasteiger partial charge in [-0.25, -0.2) is 13.2 Å². The van der Waals surface area contributed by atoms with E-state index in [9.17, 15) is 13.2 Å². The molecule has 0 aliphatic rings. The van der Waals surface area contributed by atoms with E-state index in [1.807, 2.05) is 0 Å². The zero-order valence-electron chi connectivity index (χ0n) is 11.9. The number of ether oxygens (including phenoxy) is 1. The Bertz CT molecular complexity index is 757. The van der Waals surface area contributed by atoms with Gasteiger partial charge in [-0.3, -0.25) is 5.10 Å². The largest absolute Gasteiger partial charge is 0.462 e. The van der Waals surface area contributed by atoms with E-state index in [0.717, 1.165) is 18.2 Å². The predicted molar refractivity (Wildman–Crippen MR) is 81.8 cm³/mol. The van der Waals surface area contributed by atoms with E-state index < -0.39 is 15.8 Å². The summed E-state index contributed by atoms with van der Waals surface area (Å²) < 4.78 is 28.3. The average Bonchev–Trinajstić information content (AvgIpc) is 2.95. The molecule has 0 atom stereocenters. The van der Waals surface area contributed by atoms with E-state index in [1.54, 1.807) is 12.4 Å². The van der Waals surface area contributed by atoms with Crippen molar-refractivity contribution in [1.82, 2.24) is 10.2 Å². The molecular weight excluding hydrogens is 328 g/mol. The summed E-state index contributed by atoms with van der Waals surface area (Å²) in [6, 6.07) is 4.05.